The van der Waals surface area contributed by atoms with Crippen molar-refractivity contribution in [2.75, 3.05) is 6.54 Å². The predicted octanol–water partition coefficient (Wildman–Crippen LogP) is 1.20. The molecule has 1 heterocycles. The highest BCUT2D eigenvalue weighted by Crippen LogP contribution is 2.12. The van der Waals surface area contributed by atoms with Crippen molar-refractivity contribution in [3.05, 3.63) is 30.2 Å². The fraction of sp³-hybridized carbons (Fsp3) is 0.286. The van der Waals surface area contributed by atoms with E-state index >= 15 is 0 Å². The first-order chi connectivity index (χ1) is 3.84. The largest absolute Gasteiger partial charge is 0.384 e. The van der Waals surface area contributed by atoms with E-state index in [4.69, 9.17) is 0 Å². The molecule has 8 heavy (non-hydrogen) atoms. The molecule has 0 aromatic heterocycles. The lowest BCUT2D eigenvalue weighted by atomic mass is 10.2. The van der Waals surface area contributed by atoms with E-state index < -0.39 is 0 Å². The van der Waals surface area contributed by atoms with Crippen molar-refractivity contribution in [1.29, 1.82) is 0 Å². The highest BCUT2D eigenvalue weighted by molar-refractivity contribution is 5.29. The molecule has 0 amide bonds. The van der Waals surface area contributed by atoms with Gasteiger partial charge in [0.15, 0.2) is 0 Å². The molecule has 42 valence electrons. The second kappa shape index (κ2) is 1.89. The predicted molar refractivity (Wildman–Crippen MR) is 34.4 cm³/mol. The van der Waals surface area contributed by atoms with E-state index in [0.29, 0.717) is 0 Å². The van der Waals surface area contributed by atoms with Gasteiger partial charge in [0.05, 0.1) is 0 Å². The Balaban J connectivity index is 2.84. The molecule has 0 aromatic carbocycles. The summed E-state index contributed by atoms with van der Waals surface area (Å²) < 4.78 is 0. The van der Waals surface area contributed by atoms with Gasteiger partial charge in [-0.3, -0.25) is 0 Å². The van der Waals surface area contributed by atoms with E-state index in [1.807, 2.05) is 0 Å². The van der Waals surface area contributed by atoms with E-state index in [1.165, 1.54) is 0 Å². The van der Waals surface area contributed by atoms with Crippen LogP contribution in [0.4, 0.5) is 0 Å². The molecular formula is C7H9N. The molecule has 0 radical (unpaired) electrons. The number of nitrogens with one attached hydrogen (secondary N) is 1. The summed E-state index contributed by atoms with van der Waals surface area (Å²) in [5.74, 6) is 0. The Hall–Kier alpha value is -0.940. The molecule has 1 N–H and O–H groups in total. The minimum absolute atomic E-state index is 0.986. The van der Waals surface area contributed by atoms with Crippen molar-refractivity contribution in [2.45, 2.75) is 6.42 Å². The molecule has 1 aliphatic rings. The summed E-state index contributed by atoms with van der Waals surface area (Å²) in [4.78, 5) is 0. The molecule has 0 aliphatic carbocycles. The van der Waals surface area contributed by atoms with Gasteiger partial charge in [0, 0.05) is 17.8 Å². The maximum absolute atomic E-state index is 3.76. The van der Waals surface area contributed by atoms with Gasteiger partial charge in [0.1, 0.15) is 0 Å². The van der Waals surface area contributed by atoms with Gasteiger partial charge < -0.3 is 5.32 Å². The first-order valence-electron chi connectivity index (χ1n) is 2.66. The van der Waals surface area contributed by atoms with Crippen LogP contribution in [0.5, 0.6) is 0 Å². The van der Waals surface area contributed by atoms with Gasteiger partial charge in [-0.15, -0.1) is 5.73 Å². The molecule has 0 unspecified atom stereocenters. The fourth-order valence-corrected chi connectivity index (χ4v) is 0.791. The summed E-state index contributed by atoms with van der Waals surface area (Å²) in [6, 6.07) is 0. The SMILES string of the molecule is C=C=C1CCNC1=C. The van der Waals surface area contributed by atoms with Gasteiger partial charge in [-0.1, -0.05) is 13.2 Å². The van der Waals surface area contributed by atoms with Crippen molar-refractivity contribution in [1.82, 2.24) is 5.32 Å². The molecule has 1 rings (SSSR count). The smallest absolute Gasteiger partial charge is 0.0378 e. The van der Waals surface area contributed by atoms with Gasteiger partial charge in [-0.05, 0) is 6.42 Å². The van der Waals surface area contributed by atoms with Crippen LogP contribution in [-0.4, -0.2) is 6.54 Å². The Morgan fingerprint density at radius 1 is 1.62 bits per heavy atom. The van der Waals surface area contributed by atoms with Crippen LogP contribution in [0.15, 0.2) is 30.2 Å². The highest BCUT2D eigenvalue weighted by Gasteiger charge is 2.07. The summed E-state index contributed by atoms with van der Waals surface area (Å²) >= 11 is 0. The maximum Gasteiger partial charge on any atom is 0.0378 e. The normalized spacial score (nSPS) is 18.0. The molecule has 1 saturated heterocycles. The van der Waals surface area contributed by atoms with Crippen molar-refractivity contribution in [2.24, 2.45) is 0 Å². The monoisotopic (exact) mass is 107 g/mol. The van der Waals surface area contributed by atoms with Crippen LogP contribution >= 0.6 is 0 Å². The second-order valence-electron chi connectivity index (χ2n) is 1.81. The van der Waals surface area contributed by atoms with E-state index in [9.17, 15) is 0 Å². The van der Waals surface area contributed by atoms with Gasteiger partial charge >= 0.3 is 0 Å². The minimum atomic E-state index is 0.986. The van der Waals surface area contributed by atoms with Crippen LogP contribution in [0.1, 0.15) is 6.42 Å². The summed E-state index contributed by atoms with van der Waals surface area (Å²) in [6.07, 6.45) is 1.03. The lowest BCUT2D eigenvalue weighted by Crippen LogP contribution is -2.01. The fourth-order valence-electron chi connectivity index (χ4n) is 0.791. The standard InChI is InChI=1S/C7H9N/c1-3-7-4-5-8-6(7)2/h8H,1-2,4-5H2. The molecular weight excluding hydrogens is 98.1 g/mol. The van der Waals surface area contributed by atoms with Crippen molar-refractivity contribution in [3.8, 4) is 0 Å². The first kappa shape index (κ1) is 5.20. The molecule has 1 aliphatic heterocycles. The highest BCUT2D eigenvalue weighted by atomic mass is 14.9. The third-order valence-electron chi connectivity index (χ3n) is 1.29. The number of rotatable bonds is 0. The van der Waals surface area contributed by atoms with Crippen LogP contribution < -0.4 is 5.32 Å². The zero-order valence-corrected chi connectivity index (χ0v) is 4.83. The molecule has 0 spiro atoms. The third-order valence-corrected chi connectivity index (χ3v) is 1.29. The van der Waals surface area contributed by atoms with E-state index in [1.54, 1.807) is 0 Å². The Bertz CT molecular complexity index is 161. The molecule has 1 fully saturated rings. The van der Waals surface area contributed by atoms with E-state index in [2.05, 4.69) is 24.2 Å². The average molecular weight is 107 g/mol. The lowest BCUT2D eigenvalue weighted by molar-refractivity contribution is 0.917. The molecule has 0 aromatic rings. The molecule has 1 nitrogen and oxygen atoms in total. The second-order valence-corrected chi connectivity index (χ2v) is 1.81. The van der Waals surface area contributed by atoms with E-state index in [0.717, 1.165) is 24.2 Å². The van der Waals surface area contributed by atoms with Crippen LogP contribution in [0.25, 0.3) is 0 Å². The Kier molecular flexibility index (Phi) is 1.23. The van der Waals surface area contributed by atoms with Crippen molar-refractivity contribution in [3.63, 3.8) is 0 Å². The van der Waals surface area contributed by atoms with Gasteiger partial charge in [0.2, 0.25) is 0 Å². The maximum atomic E-state index is 3.76. The van der Waals surface area contributed by atoms with Gasteiger partial charge in [-0.2, -0.15) is 0 Å². The van der Waals surface area contributed by atoms with Crippen LogP contribution in [-0.2, 0) is 0 Å². The van der Waals surface area contributed by atoms with Crippen LogP contribution in [0, 0.1) is 0 Å². The lowest BCUT2D eigenvalue weighted by Gasteiger charge is -1.90. The Morgan fingerprint density at radius 3 is 2.62 bits per heavy atom. The Labute approximate surface area is 49.4 Å². The number of allylic oxidation sites excluding steroid dienone is 1. The first-order valence-corrected chi connectivity index (χ1v) is 2.66. The molecule has 0 saturated carbocycles. The summed E-state index contributed by atoms with van der Waals surface area (Å²) in [7, 11) is 0. The van der Waals surface area contributed by atoms with Gasteiger partial charge in [0.25, 0.3) is 0 Å². The Morgan fingerprint density at radius 2 is 2.38 bits per heavy atom. The minimum Gasteiger partial charge on any atom is -0.384 e. The van der Waals surface area contributed by atoms with E-state index in [-0.39, 0.29) is 0 Å². The quantitative estimate of drug-likeness (QED) is 0.459. The molecule has 0 bridgehead atoms. The topological polar surface area (TPSA) is 12.0 Å². The van der Waals surface area contributed by atoms with Crippen LogP contribution in [0.2, 0.25) is 0 Å². The van der Waals surface area contributed by atoms with Crippen molar-refractivity contribution < 1.29 is 0 Å². The number of hydrogen-bond donors (Lipinski definition) is 1. The number of hydrogen-bond acceptors (Lipinski definition) is 1. The summed E-state index contributed by atoms with van der Waals surface area (Å²) in [6.45, 7) is 8.28. The zero-order chi connectivity index (χ0) is 5.98. The van der Waals surface area contributed by atoms with Gasteiger partial charge in [-0.25, -0.2) is 0 Å². The van der Waals surface area contributed by atoms with Crippen LogP contribution in [0.3, 0.4) is 0 Å². The third kappa shape index (κ3) is 0.682. The summed E-state index contributed by atoms with van der Waals surface area (Å²) in [5.41, 5.74) is 4.93. The molecule has 0 atom stereocenters. The molecule has 1 heteroatoms. The average Bonchev–Trinajstić information content (AvgIpc) is 2.14. The van der Waals surface area contributed by atoms with Crippen molar-refractivity contribution >= 4 is 0 Å². The zero-order valence-electron chi connectivity index (χ0n) is 4.83. The summed E-state index contributed by atoms with van der Waals surface area (Å²) in [5, 5.41) is 3.09.